The Morgan fingerprint density at radius 1 is 1.25 bits per heavy atom. The highest BCUT2D eigenvalue weighted by Gasteiger charge is 2.57. The second kappa shape index (κ2) is 3.25. The molecule has 0 spiro atoms. The topological polar surface area (TPSA) is 23.8 Å². The second-order valence-corrected chi connectivity index (χ2v) is 2.44. The normalized spacial score (nSPS) is 15.4. The molecule has 1 unspecified atom stereocenters. The summed E-state index contributed by atoms with van der Waals surface area (Å²) in [4.78, 5) is 0. The molecule has 0 fully saturated rings. The van der Waals surface area contributed by atoms with Crippen LogP contribution in [-0.4, -0.2) is 12.1 Å². The maximum absolute atomic E-state index is 12.1. The molecule has 0 saturated heterocycles. The Bertz CT molecular complexity index is 189. The minimum Gasteiger partial charge on any atom is -0.198 e. The van der Waals surface area contributed by atoms with E-state index in [0.717, 1.165) is 6.92 Å². The van der Waals surface area contributed by atoms with Crippen molar-refractivity contribution in [2.24, 2.45) is 5.92 Å². The largest absolute Gasteiger partial charge is 0.453 e. The summed E-state index contributed by atoms with van der Waals surface area (Å²) in [6, 6.07) is 1.31. The maximum atomic E-state index is 12.1. The predicted molar refractivity (Wildman–Crippen MR) is 30.4 cm³/mol. The van der Waals surface area contributed by atoms with E-state index in [4.69, 9.17) is 5.26 Å². The molecule has 0 saturated carbocycles. The molecule has 70 valence electrons. The molecular weight excluding hydrogens is 181 g/mol. The summed E-state index contributed by atoms with van der Waals surface area (Å²) in [5, 5.41) is 8.01. The van der Waals surface area contributed by atoms with Gasteiger partial charge in [0.15, 0.2) is 0 Å². The van der Waals surface area contributed by atoms with E-state index < -0.39 is 24.4 Å². The molecule has 0 aromatic rings. The van der Waals surface area contributed by atoms with E-state index in [-0.39, 0.29) is 0 Å². The van der Waals surface area contributed by atoms with Gasteiger partial charge in [-0.15, -0.1) is 0 Å². The standard InChI is InChI=1S/C6H6F5N/c1-4(3-12)2-5(7,8)6(9,10)11/h4H,2H2,1H3. The highest BCUT2D eigenvalue weighted by atomic mass is 19.4. The summed E-state index contributed by atoms with van der Waals surface area (Å²) in [7, 11) is 0. The highest BCUT2D eigenvalue weighted by molar-refractivity contribution is 4.87. The molecule has 0 amide bonds. The zero-order chi connectivity index (χ0) is 9.99. The van der Waals surface area contributed by atoms with Crippen molar-refractivity contribution in [2.45, 2.75) is 25.4 Å². The summed E-state index contributed by atoms with van der Waals surface area (Å²) >= 11 is 0. The zero-order valence-electron chi connectivity index (χ0n) is 6.12. The Morgan fingerprint density at radius 3 is 1.92 bits per heavy atom. The Hall–Kier alpha value is -0.860. The van der Waals surface area contributed by atoms with Crippen LogP contribution in [0.1, 0.15) is 13.3 Å². The van der Waals surface area contributed by atoms with Crippen LogP contribution in [0.15, 0.2) is 0 Å². The van der Waals surface area contributed by atoms with Crippen molar-refractivity contribution in [1.29, 1.82) is 5.26 Å². The third-order valence-corrected chi connectivity index (χ3v) is 1.20. The molecule has 0 bridgehead atoms. The van der Waals surface area contributed by atoms with Crippen LogP contribution in [0.25, 0.3) is 0 Å². The lowest BCUT2D eigenvalue weighted by Gasteiger charge is -2.19. The van der Waals surface area contributed by atoms with Crippen molar-refractivity contribution in [3.05, 3.63) is 0 Å². The molecule has 1 nitrogen and oxygen atoms in total. The first kappa shape index (κ1) is 11.1. The molecular formula is C6H6F5N. The molecule has 1 atom stereocenters. The monoisotopic (exact) mass is 187 g/mol. The average molecular weight is 187 g/mol. The van der Waals surface area contributed by atoms with Gasteiger partial charge in [-0.05, 0) is 6.92 Å². The number of alkyl halides is 5. The molecule has 0 aromatic carbocycles. The van der Waals surface area contributed by atoms with Gasteiger partial charge in [0.2, 0.25) is 0 Å². The van der Waals surface area contributed by atoms with E-state index in [9.17, 15) is 22.0 Å². The first-order valence-electron chi connectivity index (χ1n) is 3.05. The van der Waals surface area contributed by atoms with Gasteiger partial charge in [-0.3, -0.25) is 0 Å². The molecule has 6 heteroatoms. The smallest absolute Gasteiger partial charge is 0.198 e. The van der Waals surface area contributed by atoms with E-state index in [0.29, 0.717) is 0 Å². The van der Waals surface area contributed by atoms with Gasteiger partial charge in [-0.1, -0.05) is 0 Å². The molecule has 0 heterocycles. The molecule has 0 aliphatic carbocycles. The maximum Gasteiger partial charge on any atom is 0.453 e. The molecule has 0 aliphatic rings. The summed E-state index contributed by atoms with van der Waals surface area (Å²) in [5.74, 6) is -6.07. The summed E-state index contributed by atoms with van der Waals surface area (Å²) in [6.07, 6.45) is -7.04. The molecule has 0 N–H and O–H groups in total. The molecule has 12 heavy (non-hydrogen) atoms. The molecule has 0 aliphatic heterocycles. The van der Waals surface area contributed by atoms with Crippen molar-refractivity contribution >= 4 is 0 Å². The summed E-state index contributed by atoms with van der Waals surface area (Å²) < 4.78 is 58.6. The van der Waals surface area contributed by atoms with Crippen LogP contribution in [0.2, 0.25) is 0 Å². The van der Waals surface area contributed by atoms with E-state index in [2.05, 4.69) is 0 Å². The number of hydrogen-bond acceptors (Lipinski definition) is 1. The first-order chi connectivity index (χ1) is 5.20. The van der Waals surface area contributed by atoms with Crippen molar-refractivity contribution in [3.63, 3.8) is 0 Å². The van der Waals surface area contributed by atoms with E-state index in [1.54, 1.807) is 0 Å². The first-order valence-corrected chi connectivity index (χ1v) is 3.05. The van der Waals surface area contributed by atoms with E-state index in [1.807, 2.05) is 0 Å². The van der Waals surface area contributed by atoms with Crippen molar-refractivity contribution < 1.29 is 22.0 Å². The summed E-state index contributed by atoms with van der Waals surface area (Å²) in [6.45, 7) is 1.01. The lowest BCUT2D eigenvalue weighted by atomic mass is 10.0. The lowest BCUT2D eigenvalue weighted by Crippen LogP contribution is -2.37. The third kappa shape index (κ3) is 2.64. The van der Waals surface area contributed by atoms with Gasteiger partial charge < -0.3 is 0 Å². The van der Waals surface area contributed by atoms with Crippen LogP contribution < -0.4 is 0 Å². The number of halogens is 5. The van der Waals surface area contributed by atoms with Crippen LogP contribution in [0.4, 0.5) is 22.0 Å². The minimum atomic E-state index is -5.56. The van der Waals surface area contributed by atoms with Crippen LogP contribution in [0, 0.1) is 17.2 Å². The Kier molecular flexibility index (Phi) is 3.02. The number of nitrogens with zero attached hydrogens (tertiary/aromatic N) is 1. The second-order valence-electron chi connectivity index (χ2n) is 2.44. The fourth-order valence-corrected chi connectivity index (χ4v) is 0.546. The van der Waals surface area contributed by atoms with Crippen molar-refractivity contribution in [1.82, 2.24) is 0 Å². The Morgan fingerprint density at radius 2 is 1.67 bits per heavy atom. The van der Waals surface area contributed by atoms with Gasteiger partial charge >= 0.3 is 12.1 Å². The Labute approximate surface area is 65.8 Å². The molecule has 0 aromatic heterocycles. The minimum absolute atomic E-state index is 1.01. The van der Waals surface area contributed by atoms with Gasteiger partial charge in [0, 0.05) is 12.3 Å². The predicted octanol–water partition coefficient (Wildman–Crippen LogP) is 2.73. The number of hydrogen-bond donors (Lipinski definition) is 0. The summed E-state index contributed by atoms with van der Waals surface area (Å²) in [5.41, 5.74) is 0. The molecule has 0 radical (unpaired) electrons. The SMILES string of the molecule is CC(C#N)CC(F)(F)C(F)(F)F. The number of rotatable bonds is 2. The van der Waals surface area contributed by atoms with Gasteiger partial charge in [-0.2, -0.15) is 27.2 Å². The van der Waals surface area contributed by atoms with Crippen molar-refractivity contribution in [3.8, 4) is 6.07 Å². The van der Waals surface area contributed by atoms with Crippen LogP contribution in [0.3, 0.4) is 0 Å². The fourth-order valence-electron chi connectivity index (χ4n) is 0.546. The lowest BCUT2D eigenvalue weighted by molar-refractivity contribution is -0.286. The van der Waals surface area contributed by atoms with Gasteiger partial charge in [0.05, 0.1) is 6.07 Å². The van der Waals surface area contributed by atoms with Crippen LogP contribution in [-0.2, 0) is 0 Å². The van der Waals surface area contributed by atoms with Crippen LogP contribution >= 0.6 is 0 Å². The van der Waals surface area contributed by atoms with Gasteiger partial charge in [0.1, 0.15) is 0 Å². The fraction of sp³-hybridized carbons (Fsp3) is 0.833. The van der Waals surface area contributed by atoms with E-state index in [1.165, 1.54) is 6.07 Å². The third-order valence-electron chi connectivity index (χ3n) is 1.20. The average Bonchev–Trinajstić information content (AvgIpc) is 1.84. The highest BCUT2D eigenvalue weighted by Crippen LogP contribution is 2.39. The van der Waals surface area contributed by atoms with Gasteiger partial charge in [0.25, 0.3) is 0 Å². The Balaban J connectivity index is 4.35. The van der Waals surface area contributed by atoms with Crippen LogP contribution in [0.5, 0.6) is 0 Å². The van der Waals surface area contributed by atoms with Gasteiger partial charge in [-0.25, -0.2) is 0 Å². The molecule has 0 rings (SSSR count). The quantitative estimate of drug-likeness (QED) is 0.609. The zero-order valence-corrected chi connectivity index (χ0v) is 6.12. The number of nitriles is 1. The van der Waals surface area contributed by atoms with E-state index >= 15 is 0 Å². The van der Waals surface area contributed by atoms with Crippen molar-refractivity contribution in [2.75, 3.05) is 0 Å².